The number of nitrogens with zero attached hydrogens (tertiary/aromatic N) is 3. The van der Waals surface area contributed by atoms with Crippen LogP contribution in [0.2, 0.25) is 5.02 Å². The van der Waals surface area contributed by atoms with Crippen LogP contribution in [0.4, 0.5) is 5.69 Å². The maximum Gasteiger partial charge on any atom is 0.104 e. The van der Waals surface area contributed by atoms with Crippen molar-refractivity contribution < 1.29 is 0 Å². The van der Waals surface area contributed by atoms with Gasteiger partial charge in [-0.2, -0.15) is 5.26 Å². The Kier molecular flexibility index (Phi) is 4.39. The molecule has 2 aromatic rings. The van der Waals surface area contributed by atoms with Crippen molar-refractivity contribution >= 4 is 28.2 Å². The molecule has 0 spiro atoms. The van der Waals surface area contributed by atoms with Gasteiger partial charge in [0.15, 0.2) is 0 Å². The van der Waals surface area contributed by atoms with Crippen LogP contribution in [0.25, 0.3) is 10.9 Å². The molecule has 0 amide bonds. The lowest BCUT2D eigenvalue weighted by atomic mass is 10.1. The zero-order valence-electron chi connectivity index (χ0n) is 11.0. The van der Waals surface area contributed by atoms with E-state index in [1.807, 2.05) is 17.0 Å². The molecule has 0 saturated heterocycles. The molecule has 0 aliphatic heterocycles. The summed E-state index contributed by atoms with van der Waals surface area (Å²) in [6.45, 7) is 8.77. The zero-order valence-corrected chi connectivity index (χ0v) is 11.8. The number of anilines is 1. The summed E-state index contributed by atoms with van der Waals surface area (Å²) in [6, 6.07) is 7.87. The highest BCUT2D eigenvalue weighted by atomic mass is 35.5. The van der Waals surface area contributed by atoms with Gasteiger partial charge in [-0.3, -0.25) is 4.98 Å². The Bertz CT molecular complexity index is 691. The second-order valence-corrected chi connectivity index (χ2v) is 4.72. The molecule has 1 heterocycles. The van der Waals surface area contributed by atoms with Gasteiger partial charge >= 0.3 is 0 Å². The number of halogens is 1. The highest BCUT2D eigenvalue weighted by Gasteiger charge is 2.13. The number of fused-ring (bicyclic) bond motifs is 1. The van der Waals surface area contributed by atoms with Crippen molar-refractivity contribution in [3.8, 4) is 6.07 Å². The predicted molar refractivity (Wildman–Crippen MR) is 84.1 cm³/mol. The topological polar surface area (TPSA) is 39.9 Å². The molecule has 2 rings (SSSR count). The lowest BCUT2D eigenvalue weighted by Crippen LogP contribution is -2.24. The van der Waals surface area contributed by atoms with Gasteiger partial charge in [0, 0.05) is 24.7 Å². The first-order valence-corrected chi connectivity index (χ1v) is 6.54. The fraction of sp³-hybridized carbons (Fsp3) is 0.125. The summed E-state index contributed by atoms with van der Waals surface area (Å²) >= 11 is 5.93. The molecule has 1 aromatic heterocycles. The van der Waals surface area contributed by atoms with Crippen LogP contribution in [-0.4, -0.2) is 18.1 Å². The van der Waals surface area contributed by atoms with Gasteiger partial charge in [0.25, 0.3) is 0 Å². The van der Waals surface area contributed by atoms with Gasteiger partial charge in [-0.1, -0.05) is 29.8 Å². The van der Waals surface area contributed by atoms with Crippen LogP contribution in [0.1, 0.15) is 5.56 Å². The summed E-state index contributed by atoms with van der Waals surface area (Å²) < 4.78 is 0. The average Bonchev–Trinajstić information content (AvgIpc) is 2.45. The predicted octanol–water partition coefficient (Wildman–Crippen LogP) is 3.94. The van der Waals surface area contributed by atoms with Crippen molar-refractivity contribution in [2.75, 3.05) is 18.0 Å². The van der Waals surface area contributed by atoms with Crippen LogP contribution in [0, 0.1) is 11.3 Å². The number of pyridine rings is 1. The van der Waals surface area contributed by atoms with Gasteiger partial charge in [0.05, 0.1) is 16.2 Å². The summed E-state index contributed by atoms with van der Waals surface area (Å²) in [4.78, 5) is 6.30. The molecule has 1 aromatic carbocycles. The summed E-state index contributed by atoms with van der Waals surface area (Å²) in [5, 5.41) is 10.9. The monoisotopic (exact) mass is 283 g/mol. The smallest absolute Gasteiger partial charge is 0.104 e. The Balaban J connectivity index is 2.64. The first kappa shape index (κ1) is 14.1. The normalized spacial score (nSPS) is 10.0. The number of benzene rings is 1. The van der Waals surface area contributed by atoms with Crippen molar-refractivity contribution in [1.29, 1.82) is 5.26 Å². The van der Waals surface area contributed by atoms with Gasteiger partial charge in [-0.25, -0.2) is 0 Å². The minimum Gasteiger partial charge on any atom is -0.363 e. The third-order valence-corrected chi connectivity index (χ3v) is 3.16. The van der Waals surface area contributed by atoms with Crippen molar-refractivity contribution in [1.82, 2.24) is 4.98 Å². The minimum atomic E-state index is 0.544. The third-order valence-electron chi connectivity index (χ3n) is 2.95. The fourth-order valence-electron chi connectivity index (χ4n) is 2.12. The molecule has 0 atom stereocenters. The number of aromatic nitrogens is 1. The molecule has 4 heteroatoms. The summed E-state index contributed by atoms with van der Waals surface area (Å²) in [6.07, 6.45) is 5.15. The van der Waals surface area contributed by atoms with Gasteiger partial charge in [0.2, 0.25) is 0 Å². The second-order valence-electron chi connectivity index (χ2n) is 4.28. The largest absolute Gasteiger partial charge is 0.363 e. The molecular formula is C16H14ClN3. The van der Waals surface area contributed by atoms with E-state index >= 15 is 0 Å². The highest BCUT2D eigenvalue weighted by Crippen LogP contribution is 2.28. The Labute approximate surface area is 123 Å². The summed E-state index contributed by atoms with van der Waals surface area (Å²) in [7, 11) is 0. The lowest BCUT2D eigenvalue weighted by molar-refractivity contribution is 0.955. The quantitative estimate of drug-likeness (QED) is 0.780. The van der Waals surface area contributed by atoms with E-state index < -0.39 is 0 Å². The van der Waals surface area contributed by atoms with E-state index in [0.717, 1.165) is 11.1 Å². The minimum absolute atomic E-state index is 0.544. The van der Waals surface area contributed by atoms with E-state index in [4.69, 9.17) is 11.6 Å². The van der Waals surface area contributed by atoms with Crippen molar-refractivity contribution in [2.24, 2.45) is 0 Å². The van der Waals surface area contributed by atoms with Crippen molar-refractivity contribution in [3.63, 3.8) is 0 Å². The maximum atomic E-state index is 9.47. The van der Waals surface area contributed by atoms with Crippen molar-refractivity contribution in [3.05, 3.63) is 60.3 Å². The molecule has 0 saturated carbocycles. The van der Waals surface area contributed by atoms with Gasteiger partial charge in [-0.15, -0.1) is 13.2 Å². The molecule has 0 N–H and O–H groups in total. The first-order chi connectivity index (χ1) is 9.71. The molecule has 0 radical (unpaired) electrons. The maximum absolute atomic E-state index is 9.47. The molecular weight excluding hydrogens is 270 g/mol. The lowest BCUT2D eigenvalue weighted by Gasteiger charge is -2.23. The van der Waals surface area contributed by atoms with E-state index in [-0.39, 0.29) is 0 Å². The molecule has 3 nitrogen and oxygen atoms in total. The number of hydrogen-bond donors (Lipinski definition) is 0. The van der Waals surface area contributed by atoms with Crippen LogP contribution in [-0.2, 0) is 0 Å². The van der Waals surface area contributed by atoms with Gasteiger partial charge < -0.3 is 4.90 Å². The Morgan fingerprint density at radius 3 is 2.60 bits per heavy atom. The fourth-order valence-corrected chi connectivity index (χ4v) is 2.29. The highest BCUT2D eigenvalue weighted by molar-refractivity contribution is 6.31. The van der Waals surface area contributed by atoms with E-state index in [0.29, 0.717) is 29.2 Å². The average molecular weight is 284 g/mol. The number of hydrogen-bond acceptors (Lipinski definition) is 3. The van der Waals surface area contributed by atoms with E-state index in [2.05, 4.69) is 24.2 Å². The SMILES string of the molecule is C=CCN(CC=C)c1ccc2cc(Cl)cnc2c1C#N. The third kappa shape index (κ3) is 2.66. The van der Waals surface area contributed by atoms with Crippen LogP contribution in [0.5, 0.6) is 0 Å². The number of nitriles is 1. The van der Waals surface area contributed by atoms with Crippen LogP contribution in [0.3, 0.4) is 0 Å². The van der Waals surface area contributed by atoms with Crippen LogP contribution < -0.4 is 4.90 Å². The van der Waals surface area contributed by atoms with Gasteiger partial charge in [-0.05, 0) is 12.1 Å². The molecule has 0 aliphatic carbocycles. The van der Waals surface area contributed by atoms with E-state index in [1.54, 1.807) is 24.4 Å². The van der Waals surface area contributed by atoms with Crippen LogP contribution in [0.15, 0.2) is 49.7 Å². The molecule has 0 fully saturated rings. The summed E-state index contributed by atoms with van der Waals surface area (Å²) in [5.74, 6) is 0. The van der Waals surface area contributed by atoms with Gasteiger partial charge in [0.1, 0.15) is 11.6 Å². The van der Waals surface area contributed by atoms with Crippen LogP contribution >= 0.6 is 11.6 Å². The summed E-state index contributed by atoms with van der Waals surface area (Å²) in [5.41, 5.74) is 2.03. The molecule has 0 aliphatic rings. The van der Waals surface area contributed by atoms with E-state index in [9.17, 15) is 5.26 Å². The zero-order chi connectivity index (χ0) is 14.5. The molecule has 100 valence electrons. The molecule has 0 bridgehead atoms. The Hall–Kier alpha value is -2.31. The molecule has 0 unspecified atom stereocenters. The van der Waals surface area contributed by atoms with Crippen molar-refractivity contribution in [2.45, 2.75) is 0 Å². The van der Waals surface area contributed by atoms with E-state index in [1.165, 1.54) is 0 Å². The standard InChI is InChI=1S/C16H14ClN3/c1-3-7-20(8-4-2)15-6-5-12-9-13(17)11-19-16(12)14(15)10-18/h3-6,9,11H,1-2,7-8H2. The first-order valence-electron chi connectivity index (χ1n) is 6.16. The number of rotatable bonds is 5. The Morgan fingerprint density at radius 2 is 2.00 bits per heavy atom. The second kappa shape index (κ2) is 6.23. The Morgan fingerprint density at radius 1 is 1.30 bits per heavy atom. The molecule has 20 heavy (non-hydrogen) atoms.